The minimum atomic E-state index is -6.00. The molecule has 0 unspecified atom stereocenters. The van der Waals surface area contributed by atoms with Gasteiger partial charge in [-0.2, -0.15) is 13.2 Å². The maximum Gasteiger partial charge on any atom is 0.512 e. The second-order valence-electron chi connectivity index (χ2n) is 4.52. The number of rotatable bonds is 5. The van der Waals surface area contributed by atoms with Crippen LogP contribution in [0.15, 0.2) is 57.9 Å². The molecule has 5 nitrogen and oxygen atoms in total. The lowest BCUT2D eigenvalue weighted by Gasteiger charge is -2.09. The Morgan fingerprint density at radius 1 is 0.840 bits per heavy atom. The summed E-state index contributed by atoms with van der Waals surface area (Å²) in [7, 11) is -10.9. The highest BCUT2D eigenvalue weighted by Crippen LogP contribution is 2.23. The quantitative estimate of drug-likeness (QED) is 0.501. The Balaban J connectivity index is 2.20. The molecule has 2 rings (SSSR count). The van der Waals surface area contributed by atoms with Crippen LogP contribution in [0.1, 0.15) is 0 Å². The van der Waals surface area contributed by atoms with Gasteiger partial charge in [-0.15, -0.1) is 0 Å². The van der Waals surface area contributed by atoms with E-state index < -0.39 is 51.7 Å². The van der Waals surface area contributed by atoms with E-state index in [2.05, 4.69) is 15.9 Å². The molecular formula is C13H9BrF3INO4S2+. The van der Waals surface area contributed by atoms with Crippen molar-refractivity contribution in [3.05, 3.63) is 60.1 Å². The Hall–Kier alpha value is -0.700. The fraction of sp³-hybridized carbons (Fsp3) is 0.0769. The summed E-state index contributed by atoms with van der Waals surface area (Å²) >= 11 is 2.70. The van der Waals surface area contributed by atoms with Gasteiger partial charge in [0.2, 0.25) is 0 Å². The molecule has 0 aliphatic heterocycles. The molecule has 0 heterocycles. The van der Waals surface area contributed by atoms with E-state index >= 15 is 0 Å². The average Bonchev–Trinajstić information content (AvgIpc) is 2.48. The molecule has 0 bridgehead atoms. The van der Waals surface area contributed by atoms with E-state index in [1.807, 2.05) is 24.3 Å². The molecule has 0 fully saturated rings. The number of sulfonamides is 2. The van der Waals surface area contributed by atoms with Crippen molar-refractivity contribution in [2.24, 2.45) is 0 Å². The minimum absolute atomic E-state index is 0.566. The standard InChI is InChI=1S/C13H9BrF3INO4S2/c14-9-1-3-10(4-2-9)18-11-5-7-12(8-6-11)24(20,21)19-25(22,23)13(15,16)17/h1-8,19H/q+1. The predicted octanol–water partition coefficient (Wildman–Crippen LogP) is -0.295. The lowest BCUT2D eigenvalue weighted by Crippen LogP contribution is -3.61. The van der Waals surface area contributed by atoms with Crippen LogP contribution in [-0.4, -0.2) is 22.3 Å². The number of alkyl halides is 3. The zero-order chi connectivity index (χ0) is 18.9. The SMILES string of the molecule is O=S(=O)(NS(=O)(=O)C(F)(F)F)c1ccc([I+]c2ccc(Br)cc2)cc1. The molecule has 1 N–H and O–H groups in total. The molecule has 0 saturated carbocycles. The van der Waals surface area contributed by atoms with E-state index in [0.29, 0.717) is 4.13 Å². The molecule has 2 aromatic rings. The van der Waals surface area contributed by atoms with Gasteiger partial charge < -0.3 is 0 Å². The Labute approximate surface area is 161 Å². The molecule has 136 valence electrons. The number of hydrogen-bond donors (Lipinski definition) is 1. The van der Waals surface area contributed by atoms with Crippen LogP contribution in [0.25, 0.3) is 0 Å². The minimum Gasteiger partial charge on any atom is -0.206 e. The van der Waals surface area contributed by atoms with Gasteiger partial charge >= 0.3 is 36.7 Å². The van der Waals surface area contributed by atoms with E-state index in [0.717, 1.165) is 23.7 Å². The lowest BCUT2D eigenvalue weighted by molar-refractivity contribution is -0.597. The van der Waals surface area contributed by atoms with Gasteiger partial charge in [-0.25, -0.2) is 16.8 Å². The van der Waals surface area contributed by atoms with Gasteiger partial charge in [0.05, 0.1) is 4.90 Å². The molecule has 2 aromatic carbocycles. The molecule has 25 heavy (non-hydrogen) atoms. The molecule has 0 amide bonds. The fourth-order valence-electron chi connectivity index (χ4n) is 1.54. The summed E-state index contributed by atoms with van der Waals surface area (Å²) in [6.45, 7) is 0. The maximum absolute atomic E-state index is 12.3. The van der Waals surface area contributed by atoms with Gasteiger partial charge in [-0.1, -0.05) is 20.1 Å². The fourth-order valence-corrected chi connectivity index (χ4v) is 6.37. The van der Waals surface area contributed by atoms with Crippen LogP contribution in [-0.2, 0) is 20.0 Å². The van der Waals surface area contributed by atoms with Crippen LogP contribution in [0.5, 0.6) is 0 Å². The van der Waals surface area contributed by atoms with E-state index in [4.69, 9.17) is 0 Å². The van der Waals surface area contributed by atoms with Crippen molar-refractivity contribution in [3.63, 3.8) is 0 Å². The first-order chi connectivity index (χ1) is 11.4. The zero-order valence-corrected chi connectivity index (χ0v) is 17.3. The van der Waals surface area contributed by atoms with Gasteiger partial charge in [-0.3, -0.25) is 0 Å². The van der Waals surface area contributed by atoms with E-state index in [1.165, 1.54) is 12.1 Å². The summed E-state index contributed by atoms with van der Waals surface area (Å²) in [5.41, 5.74) is -5.72. The Kier molecular flexibility index (Phi) is 6.18. The lowest BCUT2D eigenvalue weighted by atomic mass is 10.4. The van der Waals surface area contributed by atoms with Crippen molar-refractivity contribution in [2.45, 2.75) is 10.4 Å². The Morgan fingerprint density at radius 2 is 1.28 bits per heavy atom. The summed E-state index contributed by atoms with van der Waals surface area (Å²) in [5.74, 6) is 0. The second kappa shape index (κ2) is 7.50. The van der Waals surface area contributed by atoms with Gasteiger partial charge in [0.1, 0.15) is 0 Å². The molecule has 0 spiro atoms. The van der Waals surface area contributed by atoms with Crippen LogP contribution in [0.3, 0.4) is 0 Å². The predicted molar refractivity (Wildman–Crippen MR) is 83.3 cm³/mol. The first-order valence-corrected chi connectivity index (χ1v) is 12.2. The van der Waals surface area contributed by atoms with Crippen LogP contribution in [0.4, 0.5) is 13.2 Å². The number of halogens is 5. The number of nitrogens with one attached hydrogen (secondary N) is 1. The third-order valence-electron chi connectivity index (χ3n) is 2.67. The zero-order valence-electron chi connectivity index (χ0n) is 12.0. The van der Waals surface area contributed by atoms with Crippen molar-refractivity contribution in [1.82, 2.24) is 4.13 Å². The highest BCUT2D eigenvalue weighted by atomic mass is 127. The maximum atomic E-state index is 12.3. The summed E-state index contributed by atoms with van der Waals surface area (Å²) in [6, 6.07) is 12.6. The highest BCUT2D eigenvalue weighted by Gasteiger charge is 2.48. The summed E-state index contributed by atoms with van der Waals surface area (Å²) in [4.78, 5) is -0.566. The van der Waals surface area contributed by atoms with Crippen LogP contribution in [0.2, 0.25) is 0 Å². The Bertz CT molecular complexity index is 960. The molecule has 0 saturated heterocycles. The van der Waals surface area contributed by atoms with Crippen molar-refractivity contribution < 1.29 is 51.2 Å². The normalized spacial score (nSPS) is 13.0. The van der Waals surface area contributed by atoms with Gasteiger partial charge in [-0.05, 0) is 48.5 Å². The highest BCUT2D eigenvalue weighted by molar-refractivity contribution is 9.10. The molecule has 0 aliphatic rings. The van der Waals surface area contributed by atoms with E-state index in [9.17, 15) is 30.0 Å². The summed E-state index contributed by atoms with van der Waals surface area (Å²) in [6.07, 6.45) is 0. The third kappa shape index (κ3) is 5.39. The van der Waals surface area contributed by atoms with Gasteiger partial charge in [0.25, 0.3) is 10.0 Å². The van der Waals surface area contributed by atoms with Gasteiger partial charge in [0, 0.05) is 4.47 Å². The van der Waals surface area contributed by atoms with E-state index in [1.54, 1.807) is 0 Å². The first-order valence-electron chi connectivity index (χ1n) is 6.26. The molecule has 12 heteroatoms. The van der Waals surface area contributed by atoms with Crippen LogP contribution >= 0.6 is 15.9 Å². The van der Waals surface area contributed by atoms with Crippen molar-refractivity contribution in [2.75, 3.05) is 0 Å². The molecule has 0 radical (unpaired) electrons. The van der Waals surface area contributed by atoms with Crippen molar-refractivity contribution >= 4 is 36.0 Å². The number of hydrogen-bond acceptors (Lipinski definition) is 4. The molecular weight excluding hydrogens is 562 g/mol. The van der Waals surface area contributed by atoms with Crippen LogP contribution in [0, 0.1) is 7.14 Å². The molecule has 0 aromatic heterocycles. The topological polar surface area (TPSA) is 80.3 Å². The largest absolute Gasteiger partial charge is 0.512 e. The van der Waals surface area contributed by atoms with Crippen molar-refractivity contribution in [1.29, 1.82) is 0 Å². The second-order valence-corrected chi connectivity index (χ2v) is 12.1. The summed E-state index contributed by atoms with van der Waals surface area (Å²) < 4.78 is 85.9. The first kappa shape index (κ1) is 20.6. The summed E-state index contributed by atoms with van der Waals surface area (Å²) in [5, 5.41) is 0. The third-order valence-corrected chi connectivity index (χ3v) is 9.14. The van der Waals surface area contributed by atoms with Crippen molar-refractivity contribution in [3.8, 4) is 0 Å². The smallest absolute Gasteiger partial charge is 0.206 e. The number of benzene rings is 2. The monoisotopic (exact) mass is 570 g/mol. The molecule has 0 atom stereocenters. The molecule has 0 aliphatic carbocycles. The van der Waals surface area contributed by atoms with Crippen LogP contribution < -0.4 is 25.3 Å². The average molecular weight is 571 g/mol. The Morgan fingerprint density at radius 3 is 1.72 bits per heavy atom. The van der Waals surface area contributed by atoms with Gasteiger partial charge in [0.15, 0.2) is 7.14 Å². The van der Waals surface area contributed by atoms with E-state index in [-0.39, 0.29) is 0 Å².